The molecular formula is C21H24N4O3. The van der Waals surface area contributed by atoms with E-state index >= 15 is 0 Å². The first kappa shape index (κ1) is 19.3. The number of nitrogens with one attached hydrogen (secondary N) is 2. The third kappa shape index (κ3) is 4.09. The van der Waals surface area contributed by atoms with Gasteiger partial charge in [-0.3, -0.25) is 0 Å². The van der Waals surface area contributed by atoms with E-state index in [2.05, 4.69) is 46.6 Å². The summed E-state index contributed by atoms with van der Waals surface area (Å²) in [6, 6.07) is 11.6. The van der Waals surface area contributed by atoms with E-state index in [1.807, 2.05) is 12.1 Å². The van der Waals surface area contributed by atoms with Gasteiger partial charge in [0.05, 0.1) is 21.3 Å². The predicted molar refractivity (Wildman–Crippen MR) is 111 cm³/mol. The van der Waals surface area contributed by atoms with Crippen molar-refractivity contribution >= 4 is 23.1 Å². The standard InChI is InChI=1S/C21H24N4O3/c1-13-7-6-8-14(2)19(13)24-18-9-10-22-21(25-18)23-15-11-16(26-3)20(28-5)17(12-15)27-4/h6-12H,1-5H3,(H2,22,23,24,25). The number of hydrogen-bond acceptors (Lipinski definition) is 7. The lowest BCUT2D eigenvalue weighted by Gasteiger charge is -2.15. The van der Waals surface area contributed by atoms with Gasteiger partial charge in [-0.2, -0.15) is 4.98 Å². The van der Waals surface area contributed by atoms with Gasteiger partial charge in [-0.15, -0.1) is 0 Å². The van der Waals surface area contributed by atoms with Crippen LogP contribution in [-0.4, -0.2) is 31.3 Å². The highest BCUT2D eigenvalue weighted by atomic mass is 16.5. The average Bonchev–Trinajstić information content (AvgIpc) is 2.70. The molecular weight excluding hydrogens is 356 g/mol. The summed E-state index contributed by atoms with van der Waals surface area (Å²) in [5, 5.41) is 6.55. The topological polar surface area (TPSA) is 77.5 Å². The van der Waals surface area contributed by atoms with Crippen LogP contribution in [0, 0.1) is 13.8 Å². The van der Waals surface area contributed by atoms with Gasteiger partial charge in [0.25, 0.3) is 0 Å². The fraction of sp³-hybridized carbons (Fsp3) is 0.238. The van der Waals surface area contributed by atoms with Crippen LogP contribution in [-0.2, 0) is 0 Å². The molecule has 2 N–H and O–H groups in total. The second-order valence-corrected chi connectivity index (χ2v) is 6.20. The van der Waals surface area contributed by atoms with Crippen molar-refractivity contribution in [1.82, 2.24) is 9.97 Å². The Morgan fingerprint density at radius 1 is 0.821 bits per heavy atom. The molecule has 7 heteroatoms. The normalized spacial score (nSPS) is 10.3. The zero-order chi connectivity index (χ0) is 20.1. The molecule has 1 heterocycles. The number of para-hydroxylation sites is 1. The minimum atomic E-state index is 0.450. The largest absolute Gasteiger partial charge is 0.493 e. The minimum Gasteiger partial charge on any atom is -0.493 e. The Morgan fingerprint density at radius 2 is 1.46 bits per heavy atom. The summed E-state index contributed by atoms with van der Waals surface area (Å²) in [5.74, 6) is 2.78. The third-order valence-electron chi connectivity index (χ3n) is 4.31. The van der Waals surface area contributed by atoms with Crippen LogP contribution in [0.5, 0.6) is 17.2 Å². The van der Waals surface area contributed by atoms with Crippen molar-refractivity contribution < 1.29 is 14.2 Å². The lowest BCUT2D eigenvalue weighted by atomic mass is 10.1. The molecule has 146 valence electrons. The van der Waals surface area contributed by atoms with Gasteiger partial charge in [0.15, 0.2) is 11.5 Å². The summed E-state index contributed by atoms with van der Waals surface area (Å²) in [5.41, 5.74) is 4.06. The molecule has 0 spiro atoms. The van der Waals surface area contributed by atoms with E-state index in [-0.39, 0.29) is 0 Å². The Kier molecular flexibility index (Phi) is 5.84. The van der Waals surface area contributed by atoms with Crippen molar-refractivity contribution in [3.8, 4) is 17.2 Å². The second-order valence-electron chi connectivity index (χ2n) is 6.20. The Bertz CT molecular complexity index is 930. The van der Waals surface area contributed by atoms with Gasteiger partial charge in [0.1, 0.15) is 5.82 Å². The highest BCUT2D eigenvalue weighted by Crippen LogP contribution is 2.40. The Hall–Kier alpha value is -3.48. The van der Waals surface area contributed by atoms with Gasteiger partial charge in [0.2, 0.25) is 11.7 Å². The monoisotopic (exact) mass is 380 g/mol. The summed E-state index contributed by atoms with van der Waals surface area (Å²) in [4.78, 5) is 8.85. The number of methoxy groups -OCH3 is 3. The number of aromatic nitrogens is 2. The van der Waals surface area contributed by atoms with E-state index in [0.717, 1.165) is 22.5 Å². The molecule has 0 fully saturated rings. The summed E-state index contributed by atoms with van der Waals surface area (Å²) in [7, 11) is 4.72. The number of nitrogens with zero attached hydrogens (tertiary/aromatic N) is 2. The van der Waals surface area contributed by atoms with Gasteiger partial charge in [-0.25, -0.2) is 4.98 Å². The van der Waals surface area contributed by atoms with Gasteiger partial charge < -0.3 is 24.8 Å². The smallest absolute Gasteiger partial charge is 0.229 e. The van der Waals surface area contributed by atoms with Crippen LogP contribution >= 0.6 is 0 Å². The number of anilines is 4. The van der Waals surface area contributed by atoms with Crippen LogP contribution in [0.15, 0.2) is 42.6 Å². The molecule has 0 atom stereocenters. The number of hydrogen-bond donors (Lipinski definition) is 2. The zero-order valence-corrected chi connectivity index (χ0v) is 16.7. The average molecular weight is 380 g/mol. The van der Waals surface area contributed by atoms with Crippen molar-refractivity contribution in [2.45, 2.75) is 13.8 Å². The second kappa shape index (κ2) is 8.47. The molecule has 0 unspecified atom stereocenters. The summed E-state index contributed by atoms with van der Waals surface area (Å²) in [6.07, 6.45) is 1.70. The van der Waals surface area contributed by atoms with Gasteiger partial charge in [0, 0.05) is 29.7 Å². The van der Waals surface area contributed by atoms with Crippen molar-refractivity contribution in [1.29, 1.82) is 0 Å². The molecule has 2 aromatic carbocycles. The first-order valence-electron chi connectivity index (χ1n) is 8.79. The molecule has 0 saturated heterocycles. The van der Waals surface area contributed by atoms with Crippen LogP contribution in [0.3, 0.4) is 0 Å². The van der Waals surface area contributed by atoms with Crippen LogP contribution in [0.4, 0.5) is 23.1 Å². The SMILES string of the molecule is COc1cc(Nc2nccc(Nc3c(C)cccc3C)n2)cc(OC)c1OC. The molecule has 0 amide bonds. The summed E-state index contributed by atoms with van der Waals surface area (Å²) in [6.45, 7) is 4.12. The molecule has 0 bridgehead atoms. The van der Waals surface area contributed by atoms with E-state index in [9.17, 15) is 0 Å². The summed E-state index contributed by atoms with van der Waals surface area (Å²) < 4.78 is 16.1. The Morgan fingerprint density at radius 3 is 2.04 bits per heavy atom. The van der Waals surface area contributed by atoms with Crippen LogP contribution < -0.4 is 24.8 Å². The van der Waals surface area contributed by atoms with E-state index in [1.165, 1.54) is 0 Å². The van der Waals surface area contributed by atoms with Gasteiger partial charge in [-0.05, 0) is 31.0 Å². The van der Waals surface area contributed by atoms with E-state index in [1.54, 1.807) is 39.7 Å². The van der Waals surface area contributed by atoms with Crippen LogP contribution in [0.2, 0.25) is 0 Å². The summed E-state index contributed by atoms with van der Waals surface area (Å²) >= 11 is 0. The molecule has 7 nitrogen and oxygen atoms in total. The van der Waals surface area contributed by atoms with Crippen LogP contribution in [0.25, 0.3) is 0 Å². The minimum absolute atomic E-state index is 0.450. The third-order valence-corrected chi connectivity index (χ3v) is 4.31. The highest BCUT2D eigenvalue weighted by molar-refractivity contribution is 5.68. The fourth-order valence-corrected chi connectivity index (χ4v) is 2.91. The van der Waals surface area contributed by atoms with E-state index in [4.69, 9.17) is 14.2 Å². The maximum absolute atomic E-state index is 5.39. The first-order valence-corrected chi connectivity index (χ1v) is 8.79. The van der Waals surface area contributed by atoms with Crippen molar-refractivity contribution in [2.24, 2.45) is 0 Å². The van der Waals surface area contributed by atoms with E-state index < -0.39 is 0 Å². The highest BCUT2D eigenvalue weighted by Gasteiger charge is 2.14. The molecule has 3 rings (SSSR count). The van der Waals surface area contributed by atoms with Gasteiger partial charge in [-0.1, -0.05) is 18.2 Å². The molecule has 0 saturated carbocycles. The predicted octanol–water partition coefficient (Wildman–Crippen LogP) is 4.61. The van der Waals surface area contributed by atoms with Crippen molar-refractivity contribution in [2.75, 3.05) is 32.0 Å². The van der Waals surface area contributed by atoms with E-state index in [0.29, 0.717) is 29.0 Å². The first-order chi connectivity index (χ1) is 13.5. The molecule has 0 aliphatic rings. The molecule has 28 heavy (non-hydrogen) atoms. The maximum atomic E-state index is 5.39. The fourth-order valence-electron chi connectivity index (χ4n) is 2.91. The van der Waals surface area contributed by atoms with Crippen molar-refractivity contribution in [3.05, 3.63) is 53.7 Å². The number of aryl methyl sites for hydroxylation is 2. The van der Waals surface area contributed by atoms with Crippen LogP contribution in [0.1, 0.15) is 11.1 Å². The molecule has 0 radical (unpaired) electrons. The maximum Gasteiger partial charge on any atom is 0.229 e. The molecule has 3 aromatic rings. The number of ether oxygens (including phenoxy) is 3. The number of rotatable bonds is 7. The lowest BCUT2D eigenvalue weighted by molar-refractivity contribution is 0.324. The molecule has 0 aliphatic carbocycles. The van der Waals surface area contributed by atoms with Gasteiger partial charge >= 0.3 is 0 Å². The Balaban J connectivity index is 1.87. The quantitative estimate of drug-likeness (QED) is 0.620. The number of benzene rings is 2. The Labute approximate surface area is 164 Å². The zero-order valence-electron chi connectivity index (χ0n) is 16.7. The van der Waals surface area contributed by atoms with Crippen molar-refractivity contribution in [3.63, 3.8) is 0 Å². The molecule has 1 aromatic heterocycles. The lowest BCUT2D eigenvalue weighted by Crippen LogP contribution is -2.03. The molecule has 0 aliphatic heterocycles.